The topological polar surface area (TPSA) is 92.5 Å². The molecule has 0 aromatic carbocycles. The third kappa shape index (κ3) is 2.63. The largest absolute Gasteiger partial charge is 0.418 e. The van der Waals surface area contributed by atoms with Crippen LogP contribution in [0.5, 0.6) is 0 Å². The van der Waals surface area contributed by atoms with E-state index in [4.69, 9.17) is 4.42 Å². The Morgan fingerprint density at radius 2 is 2.19 bits per heavy atom. The van der Waals surface area contributed by atoms with Gasteiger partial charge in [0.25, 0.3) is 5.89 Å². The Bertz CT molecular complexity index is 441. The molecular weight excluding hydrogens is 208 g/mol. The number of hydrogen-bond donors (Lipinski definition) is 2. The molecule has 7 nitrogen and oxygen atoms in total. The molecule has 7 heteroatoms. The van der Waals surface area contributed by atoms with Gasteiger partial charge in [0.2, 0.25) is 5.89 Å². The Morgan fingerprint density at radius 3 is 2.81 bits per heavy atom. The molecule has 0 aliphatic rings. The molecule has 16 heavy (non-hydrogen) atoms. The fourth-order valence-corrected chi connectivity index (χ4v) is 1.07. The van der Waals surface area contributed by atoms with Gasteiger partial charge in [-0.3, -0.25) is 0 Å². The summed E-state index contributed by atoms with van der Waals surface area (Å²) in [5.41, 5.74) is 0.567. The van der Waals surface area contributed by atoms with Gasteiger partial charge in [0, 0.05) is 5.54 Å². The molecule has 2 rings (SSSR count). The highest BCUT2D eigenvalue weighted by Gasteiger charge is 2.13. The zero-order valence-corrected chi connectivity index (χ0v) is 9.48. The first-order valence-electron chi connectivity index (χ1n) is 4.98. The second-order valence-corrected chi connectivity index (χ2v) is 4.46. The van der Waals surface area contributed by atoms with E-state index in [2.05, 4.69) is 51.7 Å². The van der Waals surface area contributed by atoms with Gasteiger partial charge >= 0.3 is 0 Å². The monoisotopic (exact) mass is 222 g/mol. The molecular formula is C9H14N6O. The van der Waals surface area contributed by atoms with Crippen molar-refractivity contribution in [3.05, 3.63) is 12.1 Å². The standard InChI is InChI=1S/C9H14N6O/c1-9(2,3)10-5-7-13-14-8(16-7)6-4-11-15-12-6/h4,10H,5H2,1-3H3,(H,11,12,15). The van der Waals surface area contributed by atoms with Crippen molar-refractivity contribution < 1.29 is 4.42 Å². The van der Waals surface area contributed by atoms with Crippen LogP contribution in [-0.4, -0.2) is 31.1 Å². The quantitative estimate of drug-likeness (QED) is 0.795. The number of rotatable bonds is 3. The number of hydrogen-bond acceptors (Lipinski definition) is 6. The highest BCUT2D eigenvalue weighted by Crippen LogP contribution is 2.13. The molecule has 0 aliphatic heterocycles. The highest BCUT2D eigenvalue weighted by molar-refractivity contribution is 5.42. The third-order valence-electron chi connectivity index (χ3n) is 1.87. The Labute approximate surface area is 92.7 Å². The molecule has 86 valence electrons. The number of nitrogens with one attached hydrogen (secondary N) is 2. The normalized spacial score (nSPS) is 11.9. The molecule has 2 heterocycles. The third-order valence-corrected chi connectivity index (χ3v) is 1.87. The van der Waals surface area contributed by atoms with Crippen LogP contribution in [0.25, 0.3) is 11.6 Å². The van der Waals surface area contributed by atoms with E-state index in [-0.39, 0.29) is 5.54 Å². The summed E-state index contributed by atoms with van der Waals surface area (Å²) in [6.07, 6.45) is 1.54. The molecule has 0 fully saturated rings. The molecule has 0 atom stereocenters. The van der Waals surface area contributed by atoms with E-state index in [1.807, 2.05) is 0 Å². The zero-order valence-electron chi connectivity index (χ0n) is 9.48. The zero-order chi connectivity index (χ0) is 11.6. The number of H-pyrrole nitrogens is 1. The molecule has 2 aromatic rings. The lowest BCUT2D eigenvalue weighted by Crippen LogP contribution is -2.35. The van der Waals surface area contributed by atoms with Crippen LogP contribution in [0, 0.1) is 0 Å². The van der Waals surface area contributed by atoms with Crippen molar-refractivity contribution in [3.8, 4) is 11.6 Å². The maximum Gasteiger partial charge on any atom is 0.269 e. The van der Waals surface area contributed by atoms with Crippen molar-refractivity contribution in [2.24, 2.45) is 0 Å². The van der Waals surface area contributed by atoms with Crippen LogP contribution < -0.4 is 5.32 Å². The molecule has 0 aliphatic carbocycles. The Balaban J connectivity index is 2.03. The first-order chi connectivity index (χ1) is 7.54. The molecule has 2 N–H and O–H groups in total. The van der Waals surface area contributed by atoms with Gasteiger partial charge < -0.3 is 9.73 Å². The van der Waals surface area contributed by atoms with E-state index in [1.165, 1.54) is 6.20 Å². The molecule has 2 aromatic heterocycles. The van der Waals surface area contributed by atoms with Crippen molar-refractivity contribution in [3.63, 3.8) is 0 Å². The summed E-state index contributed by atoms with van der Waals surface area (Å²) < 4.78 is 5.42. The summed E-state index contributed by atoms with van der Waals surface area (Å²) in [6.45, 7) is 6.75. The summed E-state index contributed by atoms with van der Waals surface area (Å²) in [7, 11) is 0. The lowest BCUT2D eigenvalue weighted by atomic mass is 10.1. The van der Waals surface area contributed by atoms with Gasteiger partial charge in [0.05, 0.1) is 12.7 Å². The Kier molecular flexibility index (Phi) is 2.69. The first-order valence-corrected chi connectivity index (χ1v) is 4.98. The summed E-state index contributed by atoms with van der Waals surface area (Å²) in [5, 5.41) is 21.1. The highest BCUT2D eigenvalue weighted by atomic mass is 16.4. The van der Waals surface area contributed by atoms with Gasteiger partial charge in [-0.25, -0.2) is 0 Å². The number of aromatic nitrogens is 5. The van der Waals surface area contributed by atoms with E-state index in [1.54, 1.807) is 0 Å². The average molecular weight is 222 g/mol. The SMILES string of the molecule is CC(C)(C)NCc1nnc(-c2cn[nH]n2)o1. The van der Waals surface area contributed by atoms with Crippen LogP contribution in [0.3, 0.4) is 0 Å². The van der Waals surface area contributed by atoms with E-state index in [0.717, 1.165) is 0 Å². The van der Waals surface area contributed by atoms with Crippen molar-refractivity contribution in [1.82, 2.24) is 30.9 Å². The smallest absolute Gasteiger partial charge is 0.269 e. The van der Waals surface area contributed by atoms with Crippen LogP contribution in [-0.2, 0) is 6.54 Å². The molecule has 0 spiro atoms. The van der Waals surface area contributed by atoms with Crippen molar-refractivity contribution in [2.75, 3.05) is 0 Å². The van der Waals surface area contributed by atoms with Crippen molar-refractivity contribution in [1.29, 1.82) is 0 Å². The fraction of sp³-hybridized carbons (Fsp3) is 0.556. The molecule has 0 radical (unpaired) electrons. The second kappa shape index (κ2) is 4.01. The summed E-state index contributed by atoms with van der Waals surface area (Å²) in [6, 6.07) is 0. The summed E-state index contributed by atoms with van der Waals surface area (Å²) in [5.74, 6) is 0.910. The van der Waals surface area contributed by atoms with Crippen LogP contribution in [0.2, 0.25) is 0 Å². The van der Waals surface area contributed by atoms with Gasteiger partial charge in [-0.2, -0.15) is 15.4 Å². The van der Waals surface area contributed by atoms with E-state index >= 15 is 0 Å². The van der Waals surface area contributed by atoms with E-state index in [9.17, 15) is 0 Å². The second-order valence-electron chi connectivity index (χ2n) is 4.46. The molecule has 0 saturated heterocycles. The average Bonchev–Trinajstić information content (AvgIpc) is 2.84. The molecule has 0 amide bonds. The summed E-state index contributed by atoms with van der Waals surface area (Å²) in [4.78, 5) is 0. The van der Waals surface area contributed by atoms with Crippen LogP contribution >= 0.6 is 0 Å². The van der Waals surface area contributed by atoms with Gasteiger partial charge in [-0.05, 0) is 20.8 Å². The van der Waals surface area contributed by atoms with Gasteiger partial charge in [0.15, 0.2) is 5.69 Å². The summed E-state index contributed by atoms with van der Waals surface area (Å²) >= 11 is 0. The van der Waals surface area contributed by atoms with Crippen molar-refractivity contribution >= 4 is 0 Å². The van der Waals surface area contributed by atoms with Crippen LogP contribution in [0.4, 0.5) is 0 Å². The maximum atomic E-state index is 5.42. The Hall–Kier alpha value is -1.76. The predicted molar refractivity (Wildman–Crippen MR) is 56.3 cm³/mol. The number of aromatic amines is 1. The number of nitrogens with zero attached hydrogens (tertiary/aromatic N) is 4. The fourth-order valence-electron chi connectivity index (χ4n) is 1.07. The lowest BCUT2D eigenvalue weighted by Gasteiger charge is -2.18. The minimum atomic E-state index is 0.0164. The predicted octanol–water partition coefficient (Wildman–Crippen LogP) is 0.743. The lowest BCUT2D eigenvalue weighted by molar-refractivity contribution is 0.383. The van der Waals surface area contributed by atoms with Crippen LogP contribution in [0.1, 0.15) is 26.7 Å². The molecule has 0 bridgehead atoms. The van der Waals surface area contributed by atoms with Crippen LogP contribution in [0.15, 0.2) is 10.6 Å². The maximum absolute atomic E-state index is 5.42. The van der Waals surface area contributed by atoms with E-state index < -0.39 is 0 Å². The van der Waals surface area contributed by atoms with Crippen molar-refractivity contribution in [2.45, 2.75) is 32.9 Å². The minimum absolute atomic E-state index is 0.0164. The minimum Gasteiger partial charge on any atom is -0.418 e. The van der Waals surface area contributed by atoms with E-state index in [0.29, 0.717) is 24.0 Å². The van der Waals surface area contributed by atoms with Gasteiger partial charge in [0.1, 0.15) is 0 Å². The Morgan fingerprint density at radius 1 is 1.38 bits per heavy atom. The molecule has 0 unspecified atom stereocenters. The van der Waals surface area contributed by atoms with Gasteiger partial charge in [-0.15, -0.1) is 10.2 Å². The van der Waals surface area contributed by atoms with Gasteiger partial charge in [-0.1, -0.05) is 0 Å². The first kappa shape index (κ1) is 10.7. The molecule has 0 saturated carbocycles.